The average Bonchev–Trinajstić information content (AvgIpc) is 2.52. The minimum Gasteiger partial charge on any atom is -0.338 e. The van der Waals surface area contributed by atoms with Crippen LogP contribution < -0.4 is 4.72 Å². The summed E-state index contributed by atoms with van der Waals surface area (Å²) in [5.41, 5.74) is -0.531. The first-order valence-corrected chi connectivity index (χ1v) is 8.83. The van der Waals surface area contributed by atoms with Gasteiger partial charge in [0.15, 0.2) is 17.5 Å². The lowest BCUT2D eigenvalue weighted by Crippen LogP contribution is -2.47. The Kier molecular flexibility index (Phi) is 5.30. The topological polar surface area (TPSA) is 66.5 Å². The first-order valence-electron chi connectivity index (χ1n) is 7.18. The molecule has 23 heavy (non-hydrogen) atoms. The maximum atomic E-state index is 13.7. The molecule has 1 heterocycles. The van der Waals surface area contributed by atoms with Gasteiger partial charge in [-0.2, -0.15) is 0 Å². The van der Waals surface area contributed by atoms with E-state index in [4.69, 9.17) is 0 Å². The van der Waals surface area contributed by atoms with Crippen LogP contribution in [-0.4, -0.2) is 44.1 Å². The minimum atomic E-state index is -3.33. The van der Waals surface area contributed by atoms with Crippen LogP contribution in [-0.2, 0) is 10.0 Å². The summed E-state index contributed by atoms with van der Waals surface area (Å²) in [7, 11) is -3.33. The molecule has 5 nitrogen and oxygen atoms in total. The maximum absolute atomic E-state index is 13.7. The molecule has 0 aromatic heterocycles. The summed E-state index contributed by atoms with van der Waals surface area (Å²) in [6.07, 6.45) is 0.743. The highest BCUT2D eigenvalue weighted by atomic mass is 32.2. The van der Waals surface area contributed by atoms with Crippen LogP contribution in [0.1, 0.15) is 30.1 Å². The Bertz CT molecular complexity index is 701. The van der Waals surface area contributed by atoms with Crippen molar-refractivity contribution in [1.82, 2.24) is 9.62 Å². The number of hydrogen-bond acceptors (Lipinski definition) is 3. The molecule has 1 amide bonds. The van der Waals surface area contributed by atoms with Gasteiger partial charge in [-0.25, -0.2) is 26.3 Å². The highest BCUT2D eigenvalue weighted by Gasteiger charge is 2.28. The fraction of sp³-hybridized carbons (Fsp3) is 0.500. The third kappa shape index (κ3) is 4.03. The van der Waals surface area contributed by atoms with E-state index >= 15 is 0 Å². The predicted molar refractivity (Wildman–Crippen MR) is 77.8 cm³/mol. The van der Waals surface area contributed by atoms with Crippen LogP contribution in [0.5, 0.6) is 0 Å². The fourth-order valence-corrected chi connectivity index (χ4v) is 3.31. The number of piperidine rings is 1. The van der Waals surface area contributed by atoms with E-state index in [1.807, 2.05) is 0 Å². The van der Waals surface area contributed by atoms with Gasteiger partial charge in [-0.3, -0.25) is 4.79 Å². The second-order valence-electron chi connectivity index (χ2n) is 5.31. The van der Waals surface area contributed by atoms with Crippen LogP contribution in [0.3, 0.4) is 0 Å². The monoisotopic (exact) mass is 350 g/mol. The van der Waals surface area contributed by atoms with E-state index in [-0.39, 0.29) is 24.9 Å². The van der Waals surface area contributed by atoms with Gasteiger partial charge >= 0.3 is 0 Å². The van der Waals surface area contributed by atoms with E-state index < -0.39 is 38.9 Å². The van der Waals surface area contributed by atoms with Crippen molar-refractivity contribution in [2.24, 2.45) is 0 Å². The number of benzene rings is 1. The number of hydrogen-bond donors (Lipinski definition) is 1. The van der Waals surface area contributed by atoms with Crippen molar-refractivity contribution in [2.45, 2.75) is 25.8 Å². The van der Waals surface area contributed by atoms with Gasteiger partial charge < -0.3 is 4.90 Å². The largest absolute Gasteiger partial charge is 0.338 e. The molecule has 0 spiro atoms. The summed E-state index contributed by atoms with van der Waals surface area (Å²) >= 11 is 0. The molecule has 1 aromatic rings. The SMILES string of the molecule is CCS(=O)(=O)NC1CCN(C(=O)c2ccc(F)c(F)c2F)CC1. The van der Waals surface area contributed by atoms with Crippen molar-refractivity contribution in [1.29, 1.82) is 0 Å². The summed E-state index contributed by atoms with van der Waals surface area (Å²) < 4.78 is 65.3. The zero-order chi connectivity index (χ0) is 17.2. The third-order valence-electron chi connectivity index (χ3n) is 3.77. The summed E-state index contributed by atoms with van der Waals surface area (Å²) in [6.45, 7) is 1.93. The van der Waals surface area contributed by atoms with Crippen LogP contribution >= 0.6 is 0 Å². The molecule has 0 bridgehead atoms. The molecule has 2 rings (SSSR count). The second kappa shape index (κ2) is 6.88. The number of sulfonamides is 1. The van der Waals surface area contributed by atoms with Gasteiger partial charge in [0.2, 0.25) is 10.0 Å². The van der Waals surface area contributed by atoms with Crippen molar-refractivity contribution in [3.8, 4) is 0 Å². The second-order valence-corrected chi connectivity index (χ2v) is 7.35. The molecule has 9 heteroatoms. The molecule has 0 saturated carbocycles. The standard InChI is InChI=1S/C14H17F3N2O3S/c1-2-23(21,22)18-9-5-7-19(8-6-9)14(20)10-3-4-11(15)13(17)12(10)16/h3-4,9,18H,2,5-8H2,1H3. The molecule has 1 aromatic carbocycles. The molecule has 1 aliphatic heterocycles. The quantitative estimate of drug-likeness (QED) is 0.840. The summed E-state index contributed by atoms with van der Waals surface area (Å²) in [5.74, 6) is -5.32. The van der Waals surface area contributed by atoms with Gasteiger partial charge in [-0.1, -0.05) is 0 Å². The number of carbonyl (C=O) groups excluding carboxylic acids is 1. The highest BCUT2D eigenvalue weighted by molar-refractivity contribution is 7.89. The molecule has 0 radical (unpaired) electrons. The number of likely N-dealkylation sites (tertiary alicyclic amines) is 1. The van der Waals surface area contributed by atoms with Crippen molar-refractivity contribution in [2.75, 3.05) is 18.8 Å². The van der Waals surface area contributed by atoms with Gasteiger partial charge in [-0.15, -0.1) is 0 Å². The lowest BCUT2D eigenvalue weighted by molar-refractivity contribution is 0.0705. The fourth-order valence-electron chi connectivity index (χ4n) is 2.40. The predicted octanol–water partition coefficient (Wildman–Crippen LogP) is 1.65. The van der Waals surface area contributed by atoms with E-state index in [1.54, 1.807) is 0 Å². The summed E-state index contributed by atoms with van der Waals surface area (Å²) in [4.78, 5) is 13.5. The zero-order valence-electron chi connectivity index (χ0n) is 12.5. The molecule has 1 saturated heterocycles. The number of carbonyl (C=O) groups is 1. The van der Waals surface area contributed by atoms with Crippen LogP contribution in [0.15, 0.2) is 12.1 Å². The minimum absolute atomic E-state index is 0.0355. The maximum Gasteiger partial charge on any atom is 0.256 e. The number of nitrogens with one attached hydrogen (secondary N) is 1. The van der Waals surface area contributed by atoms with Crippen molar-refractivity contribution in [3.05, 3.63) is 35.1 Å². The average molecular weight is 350 g/mol. The number of amides is 1. The van der Waals surface area contributed by atoms with E-state index in [2.05, 4.69) is 4.72 Å². The molecule has 0 atom stereocenters. The van der Waals surface area contributed by atoms with Crippen LogP contribution in [0.4, 0.5) is 13.2 Å². The summed E-state index contributed by atoms with van der Waals surface area (Å²) in [5, 5.41) is 0. The Hall–Kier alpha value is -1.61. The molecule has 1 aliphatic rings. The lowest BCUT2D eigenvalue weighted by atomic mass is 10.0. The highest BCUT2D eigenvalue weighted by Crippen LogP contribution is 2.19. The molecular formula is C14H17F3N2O3S. The molecular weight excluding hydrogens is 333 g/mol. The Labute approximate surface area is 132 Å². The van der Waals surface area contributed by atoms with Gasteiger partial charge in [0.25, 0.3) is 5.91 Å². The Morgan fingerprint density at radius 1 is 1.22 bits per heavy atom. The summed E-state index contributed by atoms with van der Waals surface area (Å²) in [6, 6.07) is 1.31. The number of halogens is 3. The van der Waals surface area contributed by atoms with Crippen molar-refractivity contribution in [3.63, 3.8) is 0 Å². The molecule has 0 unspecified atom stereocenters. The van der Waals surface area contributed by atoms with E-state index in [0.717, 1.165) is 6.07 Å². The Morgan fingerprint density at radius 2 is 1.83 bits per heavy atom. The Balaban J connectivity index is 2.03. The van der Waals surface area contributed by atoms with Crippen LogP contribution in [0.25, 0.3) is 0 Å². The van der Waals surface area contributed by atoms with E-state index in [9.17, 15) is 26.4 Å². The van der Waals surface area contributed by atoms with Crippen LogP contribution in [0.2, 0.25) is 0 Å². The van der Waals surface area contributed by atoms with E-state index in [0.29, 0.717) is 18.9 Å². The Morgan fingerprint density at radius 3 is 2.39 bits per heavy atom. The molecule has 1 N–H and O–H groups in total. The van der Waals surface area contributed by atoms with E-state index in [1.165, 1.54) is 11.8 Å². The van der Waals surface area contributed by atoms with Gasteiger partial charge in [0.1, 0.15) is 0 Å². The molecule has 128 valence electrons. The molecule has 1 fully saturated rings. The normalized spacial score (nSPS) is 16.6. The van der Waals surface area contributed by atoms with Crippen molar-refractivity contribution < 1.29 is 26.4 Å². The van der Waals surface area contributed by atoms with Gasteiger partial charge in [0.05, 0.1) is 11.3 Å². The lowest BCUT2D eigenvalue weighted by Gasteiger charge is -2.32. The van der Waals surface area contributed by atoms with Crippen LogP contribution in [0, 0.1) is 17.5 Å². The first kappa shape index (κ1) is 17.7. The van der Waals surface area contributed by atoms with Crippen molar-refractivity contribution >= 4 is 15.9 Å². The molecule has 0 aliphatic carbocycles. The first-order chi connectivity index (χ1) is 10.7. The number of nitrogens with zero attached hydrogens (tertiary/aromatic N) is 1. The smallest absolute Gasteiger partial charge is 0.256 e. The zero-order valence-corrected chi connectivity index (χ0v) is 13.3. The van der Waals surface area contributed by atoms with Gasteiger partial charge in [0, 0.05) is 19.1 Å². The number of rotatable bonds is 4. The third-order valence-corrected chi connectivity index (χ3v) is 5.23. The van der Waals surface area contributed by atoms with Gasteiger partial charge in [-0.05, 0) is 31.9 Å².